The van der Waals surface area contributed by atoms with Gasteiger partial charge in [-0.15, -0.1) is 0 Å². The zero-order chi connectivity index (χ0) is 16.3. The van der Waals surface area contributed by atoms with Gasteiger partial charge >= 0.3 is 0 Å². The summed E-state index contributed by atoms with van der Waals surface area (Å²) < 4.78 is 16.0. The summed E-state index contributed by atoms with van der Waals surface area (Å²) in [5.41, 5.74) is 2.36. The lowest BCUT2D eigenvalue weighted by molar-refractivity contribution is 0.0948. The molecule has 2 aromatic rings. The summed E-state index contributed by atoms with van der Waals surface area (Å²) in [6.45, 7) is 5.90. The molecule has 1 aromatic carbocycles. The maximum absolute atomic E-state index is 12.4. The Kier molecular flexibility index (Phi) is 4.75. The maximum Gasteiger partial charge on any atom is 0.255 e. The van der Waals surface area contributed by atoms with Crippen LogP contribution in [0, 0.1) is 20.8 Å². The fourth-order valence-electron chi connectivity index (χ4n) is 2.39. The third-order valence-corrected chi connectivity index (χ3v) is 3.72. The highest BCUT2D eigenvalue weighted by Gasteiger charge is 2.18. The minimum atomic E-state index is -0.148. The van der Waals surface area contributed by atoms with Crippen molar-refractivity contribution >= 4 is 5.91 Å². The van der Waals surface area contributed by atoms with Crippen LogP contribution in [0.1, 0.15) is 33.0 Å². The normalized spacial score (nSPS) is 10.4. The molecule has 1 N–H and O–H groups in total. The summed E-state index contributed by atoms with van der Waals surface area (Å²) in [7, 11) is 3.19. The lowest BCUT2D eigenvalue weighted by Gasteiger charge is -2.11. The van der Waals surface area contributed by atoms with Crippen LogP contribution in [0.25, 0.3) is 0 Å². The highest BCUT2D eigenvalue weighted by atomic mass is 16.5. The highest BCUT2D eigenvalue weighted by Crippen LogP contribution is 2.25. The largest absolute Gasteiger partial charge is 0.497 e. The van der Waals surface area contributed by atoms with Crippen LogP contribution in [-0.4, -0.2) is 20.1 Å². The Balaban J connectivity index is 2.14. The minimum Gasteiger partial charge on any atom is -0.497 e. The molecule has 0 saturated heterocycles. The van der Waals surface area contributed by atoms with E-state index in [0.29, 0.717) is 29.4 Å². The molecule has 0 fully saturated rings. The standard InChI is InChI=1S/C17H21NO4/c1-10-11(2)22-12(3)16(10)17(19)18-9-13-6-7-14(20-4)8-15(13)21-5/h6-8H,9H2,1-5H3,(H,18,19). The topological polar surface area (TPSA) is 60.7 Å². The molecule has 22 heavy (non-hydrogen) atoms. The SMILES string of the molecule is COc1ccc(CNC(=O)c2c(C)oc(C)c2C)c(OC)c1. The lowest BCUT2D eigenvalue weighted by Crippen LogP contribution is -2.24. The van der Waals surface area contributed by atoms with Gasteiger partial charge in [-0.1, -0.05) is 0 Å². The predicted octanol–water partition coefficient (Wildman–Crippen LogP) is 3.15. The van der Waals surface area contributed by atoms with Gasteiger partial charge in [0.05, 0.1) is 19.8 Å². The van der Waals surface area contributed by atoms with Crippen LogP contribution in [-0.2, 0) is 6.54 Å². The molecule has 0 bridgehead atoms. The number of furan rings is 1. The number of benzene rings is 1. The van der Waals surface area contributed by atoms with E-state index in [9.17, 15) is 4.79 Å². The molecular formula is C17H21NO4. The minimum absolute atomic E-state index is 0.148. The van der Waals surface area contributed by atoms with Crippen LogP contribution < -0.4 is 14.8 Å². The Hall–Kier alpha value is -2.43. The second kappa shape index (κ2) is 6.56. The van der Waals surface area contributed by atoms with Crippen LogP contribution in [0.15, 0.2) is 22.6 Å². The van der Waals surface area contributed by atoms with E-state index in [2.05, 4.69) is 5.32 Å². The van der Waals surface area contributed by atoms with Gasteiger partial charge in [0.15, 0.2) is 0 Å². The fourth-order valence-corrected chi connectivity index (χ4v) is 2.39. The van der Waals surface area contributed by atoms with E-state index in [-0.39, 0.29) is 5.91 Å². The van der Waals surface area contributed by atoms with Crippen molar-refractivity contribution in [3.05, 3.63) is 46.4 Å². The molecule has 1 aromatic heterocycles. The Morgan fingerprint density at radius 1 is 1.14 bits per heavy atom. The third kappa shape index (κ3) is 3.08. The highest BCUT2D eigenvalue weighted by molar-refractivity contribution is 5.96. The summed E-state index contributed by atoms with van der Waals surface area (Å²) in [6, 6.07) is 5.50. The van der Waals surface area contributed by atoms with Gasteiger partial charge < -0.3 is 19.2 Å². The number of hydrogen-bond donors (Lipinski definition) is 1. The Labute approximate surface area is 130 Å². The van der Waals surface area contributed by atoms with Crippen LogP contribution >= 0.6 is 0 Å². The molecule has 0 aliphatic rings. The maximum atomic E-state index is 12.4. The molecule has 0 spiro atoms. The summed E-state index contributed by atoms with van der Waals surface area (Å²) >= 11 is 0. The second-order valence-corrected chi connectivity index (χ2v) is 5.07. The quantitative estimate of drug-likeness (QED) is 0.921. The number of ether oxygens (including phenoxy) is 2. The number of amides is 1. The molecular weight excluding hydrogens is 282 g/mol. The first-order chi connectivity index (χ1) is 10.5. The average Bonchev–Trinajstić information content (AvgIpc) is 2.77. The Morgan fingerprint density at radius 2 is 1.86 bits per heavy atom. The van der Waals surface area contributed by atoms with Crippen LogP contribution in [0.3, 0.4) is 0 Å². The van der Waals surface area contributed by atoms with Gasteiger partial charge in [0.25, 0.3) is 5.91 Å². The zero-order valence-corrected chi connectivity index (χ0v) is 13.6. The van der Waals surface area contributed by atoms with Crippen molar-refractivity contribution in [2.24, 2.45) is 0 Å². The van der Waals surface area contributed by atoms with Gasteiger partial charge in [0.2, 0.25) is 0 Å². The van der Waals surface area contributed by atoms with Crippen molar-refractivity contribution in [2.45, 2.75) is 27.3 Å². The number of hydrogen-bond acceptors (Lipinski definition) is 4. The van der Waals surface area contributed by atoms with Crippen molar-refractivity contribution in [1.82, 2.24) is 5.32 Å². The van der Waals surface area contributed by atoms with E-state index in [1.165, 1.54) is 0 Å². The van der Waals surface area contributed by atoms with Crippen molar-refractivity contribution in [1.29, 1.82) is 0 Å². The van der Waals surface area contributed by atoms with Gasteiger partial charge in [-0.3, -0.25) is 4.79 Å². The molecule has 0 aliphatic carbocycles. The molecule has 0 aliphatic heterocycles. The van der Waals surface area contributed by atoms with Crippen LogP contribution in [0.5, 0.6) is 11.5 Å². The predicted molar refractivity (Wildman–Crippen MR) is 83.6 cm³/mol. The second-order valence-electron chi connectivity index (χ2n) is 5.07. The van der Waals surface area contributed by atoms with Crippen LogP contribution in [0.4, 0.5) is 0 Å². The molecule has 118 valence electrons. The monoisotopic (exact) mass is 303 g/mol. The first-order valence-corrected chi connectivity index (χ1v) is 7.03. The smallest absolute Gasteiger partial charge is 0.255 e. The van der Waals surface area contributed by atoms with E-state index < -0.39 is 0 Å². The van der Waals surface area contributed by atoms with Crippen molar-refractivity contribution in [3.8, 4) is 11.5 Å². The molecule has 5 heteroatoms. The molecule has 0 saturated carbocycles. The molecule has 0 unspecified atom stereocenters. The zero-order valence-electron chi connectivity index (χ0n) is 13.6. The summed E-state index contributed by atoms with van der Waals surface area (Å²) in [6.07, 6.45) is 0. The average molecular weight is 303 g/mol. The Morgan fingerprint density at radius 3 is 2.41 bits per heavy atom. The molecule has 0 atom stereocenters. The summed E-state index contributed by atoms with van der Waals surface area (Å²) in [4.78, 5) is 12.4. The van der Waals surface area contributed by atoms with Gasteiger partial charge in [-0.25, -0.2) is 0 Å². The third-order valence-electron chi connectivity index (χ3n) is 3.72. The van der Waals surface area contributed by atoms with Gasteiger partial charge in [0.1, 0.15) is 23.0 Å². The van der Waals surface area contributed by atoms with Crippen molar-refractivity contribution in [2.75, 3.05) is 14.2 Å². The number of methoxy groups -OCH3 is 2. The van der Waals surface area contributed by atoms with Crippen LogP contribution in [0.2, 0.25) is 0 Å². The fraction of sp³-hybridized carbons (Fsp3) is 0.353. The first kappa shape index (κ1) is 15.9. The van der Waals surface area contributed by atoms with E-state index in [4.69, 9.17) is 13.9 Å². The van der Waals surface area contributed by atoms with E-state index in [1.807, 2.05) is 26.0 Å². The van der Waals surface area contributed by atoms with E-state index in [1.54, 1.807) is 27.2 Å². The van der Waals surface area contributed by atoms with Gasteiger partial charge in [-0.2, -0.15) is 0 Å². The number of rotatable bonds is 5. The molecule has 5 nitrogen and oxygen atoms in total. The molecule has 1 amide bonds. The van der Waals surface area contributed by atoms with Crippen molar-refractivity contribution in [3.63, 3.8) is 0 Å². The van der Waals surface area contributed by atoms with Gasteiger partial charge in [0, 0.05) is 23.7 Å². The number of carbonyl (C=O) groups is 1. The summed E-state index contributed by atoms with van der Waals surface area (Å²) in [5, 5.41) is 2.90. The first-order valence-electron chi connectivity index (χ1n) is 7.03. The van der Waals surface area contributed by atoms with Crippen molar-refractivity contribution < 1.29 is 18.7 Å². The number of carbonyl (C=O) groups excluding carboxylic acids is 1. The summed E-state index contributed by atoms with van der Waals surface area (Å²) in [5.74, 6) is 2.64. The Bertz CT molecular complexity index is 688. The van der Waals surface area contributed by atoms with Gasteiger partial charge in [-0.05, 0) is 32.9 Å². The lowest BCUT2D eigenvalue weighted by atomic mass is 10.1. The molecule has 2 rings (SSSR count). The molecule has 0 radical (unpaired) electrons. The van der Waals surface area contributed by atoms with E-state index >= 15 is 0 Å². The number of nitrogens with one attached hydrogen (secondary N) is 1. The number of aryl methyl sites for hydroxylation is 2. The van der Waals surface area contributed by atoms with E-state index in [0.717, 1.165) is 16.9 Å². The molecule has 1 heterocycles.